The molecule has 0 radical (unpaired) electrons. The van der Waals surface area contributed by atoms with Crippen LogP contribution in [0.15, 0.2) is 18.2 Å². The molecule has 1 fully saturated rings. The van der Waals surface area contributed by atoms with Gasteiger partial charge in [0.1, 0.15) is 0 Å². The lowest BCUT2D eigenvalue weighted by Gasteiger charge is -2.19. The van der Waals surface area contributed by atoms with E-state index in [1.807, 2.05) is 30.0 Å². The second-order valence-electron chi connectivity index (χ2n) is 4.12. The van der Waals surface area contributed by atoms with Crippen molar-refractivity contribution in [2.24, 2.45) is 5.73 Å². The Morgan fingerprint density at radius 2 is 2.06 bits per heavy atom. The molecule has 2 rings (SSSR count). The van der Waals surface area contributed by atoms with Crippen molar-refractivity contribution in [1.29, 1.82) is 0 Å². The van der Waals surface area contributed by atoms with Gasteiger partial charge in [-0.1, -0.05) is 29.3 Å². The van der Waals surface area contributed by atoms with Crippen LogP contribution in [0.25, 0.3) is 0 Å². The normalized spacial score (nSPS) is 22.3. The topological polar surface area (TPSA) is 26.0 Å². The monoisotopic (exact) mass is 275 g/mol. The molecule has 0 spiro atoms. The molecule has 2 atom stereocenters. The quantitative estimate of drug-likeness (QED) is 0.909. The van der Waals surface area contributed by atoms with E-state index in [1.54, 1.807) is 0 Å². The van der Waals surface area contributed by atoms with E-state index in [9.17, 15) is 0 Å². The van der Waals surface area contributed by atoms with Gasteiger partial charge in [-0.2, -0.15) is 11.8 Å². The Balaban J connectivity index is 2.07. The molecule has 0 amide bonds. The van der Waals surface area contributed by atoms with Crippen molar-refractivity contribution < 1.29 is 0 Å². The summed E-state index contributed by atoms with van der Waals surface area (Å²) >= 11 is 14.2. The lowest BCUT2D eigenvalue weighted by molar-refractivity contribution is 0.609. The highest BCUT2D eigenvalue weighted by Crippen LogP contribution is 2.32. The van der Waals surface area contributed by atoms with Crippen LogP contribution >= 0.6 is 35.0 Å². The molecule has 1 heterocycles. The van der Waals surface area contributed by atoms with Crippen LogP contribution in [0.2, 0.25) is 10.0 Å². The molecule has 4 heteroatoms. The molecule has 16 heavy (non-hydrogen) atoms. The number of halogens is 2. The molecular formula is C12H15Cl2NS. The smallest absolute Gasteiger partial charge is 0.0453 e. The van der Waals surface area contributed by atoms with Crippen LogP contribution in [-0.4, -0.2) is 17.0 Å². The van der Waals surface area contributed by atoms with E-state index in [2.05, 4.69) is 0 Å². The summed E-state index contributed by atoms with van der Waals surface area (Å²) in [4.78, 5) is 0. The number of benzene rings is 1. The lowest BCUT2D eigenvalue weighted by atomic mass is 10.0. The minimum atomic E-state index is 0.157. The summed E-state index contributed by atoms with van der Waals surface area (Å²) in [6.07, 6.45) is 3.27. The highest BCUT2D eigenvalue weighted by molar-refractivity contribution is 8.00. The number of nitrogens with two attached hydrogens (primary N) is 1. The second kappa shape index (κ2) is 5.63. The van der Waals surface area contributed by atoms with Gasteiger partial charge in [-0.05, 0) is 42.7 Å². The van der Waals surface area contributed by atoms with Crippen molar-refractivity contribution in [2.75, 3.05) is 5.75 Å². The minimum absolute atomic E-state index is 0.157. The average molecular weight is 276 g/mol. The van der Waals surface area contributed by atoms with E-state index in [4.69, 9.17) is 28.9 Å². The van der Waals surface area contributed by atoms with E-state index in [1.165, 1.54) is 18.6 Å². The minimum Gasteiger partial charge on any atom is -0.326 e. The summed E-state index contributed by atoms with van der Waals surface area (Å²) in [6.45, 7) is 0. The molecule has 0 aliphatic carbocycles. The van der Waals surface area contributed by atoms with Crippen LogP contribution in [0.5, 0.6) is 0 Å². The summed E-state index contributed by atoms with van der Waals surface area (Å²) in [5.41, 5.74) is 7.20. The van der Waals surface area contributed by atoms with Crippen molar-refractivity contribution in [1.82, 2.24) is 0 Å². The van der Waals surface area contributed by atoms with E-state index in [0.717, 1.165) is 22.0 Å². The maximum Gasteiger partial charge on any atom is 0.0453 e. The Morgan fingerprint density at radius 3 is 2.62 bits per heavy atom. The van der Waals surface area contributed by atoms with Crippen molar-refractivity contribution in [3.05, 3.63) is 33.8 Å². The van der Waals surface area contributed by atoms with Crippen LogP contribution in [0.4, 0.5) is 0 Å². The third kappa shape index (κ3) is 2.86. The van der Waals surface area contributed by atoms with Crippen LogP contribution in [0.3, 0.4) is 0 Å². The van der Waals surface area contributed by atoms with Crippen LogP contribution in [0, 0.1) is 0 Å². The van der Waals surface area contributed by atoms with Crippen molar-refractivity contribution in [3.63, 3.8) is 0 Å². The standard InChI is InChI=1S/C12H15Cl2NS/c13-9-3-1-4-10(14)8(9)7-11(15)12-5-2-6-16-12/h1,3-4,11-12H,2,5-7,15H2. The first-order chi connectivity index (χ1) is 7.68. The van der Waals surface area contributed by atoms with Gasteiger partial charge in [-0.25, -0.2) is 0 Å². The third-order valence-electron chi connectivity index (χ3n) is 2.94. The van der Waals surface area contributed by atoms with E-state index in [0.29, 0.717) is 5.25 Å². The zero-order chi connectivity index (χ0) is 11.5. The Morgan fingerprint density at radius 1 is 1.38 bits per heavy atom. The van der Waals surface area contributed by atoms with Gasteiger partial charge in [-0.15, -0.1) is 0 Å². The third-order valence-corrected chi connectivity index (χ3v) is 5.19. The molecule has 0 aromatic heterocycles. The maximum atomic E-state index is 6.21. The highest BCUT2D eigenvalue weighted by Gasteiger charge is 2.24. The predicted molar refractivity (Wildman–Crippen MR) is 73.6 cm³/mol. The van der Waals surface area contributed by atoms with Gasteiger partial charge in [0.25, 0.3) is 0 Å². The highest BCUT2D eigenvalue weighted by atomic mass is 35.5. The first-order valence-corrected chi connectivity index (χ1v) is 7.29. The Labute approximate surface area is 111 Å². The van der Waals surface area contributed by atoms with Gasteiger partial charge in [0.15, 0.2) is 0 Å². The maximum absolute atomic E-state index is 6.21. The summed E-state index contributed by atoms with van der Waals surface area (Å²) in [6, 6.07) is 5.77. The summed E-state index contributed by atoms with van der Waals surface area (Å²) in [7, 11) is 0. The van der Waals surface area contributed by atoms with Crippen LogP contribution < -0.4 is 5.73 Å². The SMILES string of the molecule is NC(Cc1c(Cl)cccc1Cl)C1CCCS1. The molecule has 1 aliphatic rings. The number of hydrogen-bond donors (Lipinski definition) is 1. The molecule has 1 aromatic carbocycles. The fourth-order valence-electron chi connectivity index (χ4n) is 2.03. The summed E-state index contributed by atoms with van der Waals surface area (Å²) in [5, 5.41) is 2.02. The molecule has 1 nitrogen and oxygen atoms in total. The summed E-state index contributed by atoms with van der Waals surface area (Å²) in [5.74, 6) is 1.23. The molecule has 2 unspecified atom stereocenters. The van der Waals surface area contributed by atoms with Crippen molar-refractivity contribution >= 4 is 35.0 Å². The van der Waals surface area contributed by atoms with Gasteiger partial charge >= 0.3 is 0 Å². The molecular weight excluding hydrogens is 261 g/mol. The zero-order valence-electron chi connectivity index (χ0n) is 8.96. The predicted octanol–water partition coefficient (Wildman–Crippen LogP) is 3.76. The van der Waals surface area contributed by atoms with Crippen LogP contribution in [-0.2, 0) is 6.42 Å². The van der Waals surface area contributed by atoms with Crippen molar-refractivity contribution in [3.8, 4) is 0 Å². The Bertz CT molecular complexity index is 344. The second-order valence-corrected chi connectivity index (χ2v) is 6.28. The van der Waals surface area contributed by atoms with Gasteiger partial charge in [-0.3, -0.25) is 0 Å². The van der Waals surface area contributed by atoms with Gasteiger partial charge in [0.05, 0.1) is 0 Å². The number of thioether (sulfide) groups is 1. The number of hydrogen-bond acceptors (Lipinski definition) is 2. The zero-order valence-corrected chi connectivity index (χ0v) is 11.3. The average Bonchev–Trinajstić information content (AvgIpc) is 2.76. The molecule has 2 N–H and O–H groups in total. The van der Waals surface area contributed by atoms with E-state index < -0.39 is 0 Å². The first kappa shape index (κ1) is 12.6. The molecule has 1 aromatic rings. The largest absolute Gasteiger partial charge is 0.326 e. The van der Waals surface area contributed by atoms with Gasteiger partial charge in [0, 0.05) is 21.3 Å². The number of rotatable bonds is 3. The Kier molecular flexibility index (Phi) is 4.42. The molecule has 1 saturated heterocycles. The molecule has 0 saturated carbocycles. The Hall–Kier alpha value is 0.110. The van der Waals surface area contributed by atoms with Gasteiger partial charge in [0.2, 0.25) is 0 Å². The van der Waals surface area contributed by atoms with E-state index in [-0.39, 0.29) is 6.04 Å². The summed E-state index contributed by atoms with van der Waals surface area (Å²) < 4.78 is 0. The molecule has 0 bridgehead atoms. The lowest BCUT2D eigenvalue weighted by Crippen LogP contribution is -2.33. The van der Waals surface area contributed by atoms with Crippen molar-refractivity contribution in [2.45, 2.75) is 30.6 Å². The first-order valence-electron chi connectivity index (χ1n) is 5.48. The van der Waals surface area contributed by atoms with Crippen LogP contribution in [0.1, 0.15) is 18.4 Å². The van der Waals surface area contributed by atoms with E-state index >= 15 is 0 Å². The fourth-order valence-corrected chi connectivity index (χ4v) is 3.90. The molecule has 1 aliphatic heterocycles. The molecule has 88 valence electrons. The fraction of sp³-hybridized carbons (Fsp3) is 0.500. The van der Waals surface area contributed by atoms with Gasteiger partial charge < -0.3 is 5.73 Å².